The predicted molar refractivity (Wildman–Crippen MR) is 140 cm³/mol. The number of benzene rings is 2. The molecular weight excluding hydrogens is 501 g/mol. The maximum atomic E-state index is 4.57. The molecule has 0 unspecified atom stereocenters. The van der Waals surface area contributed by atoms with Crippen molar-refractivity contribution in [2.24, 2.45) is 0 Å². The van der Waals surface area contributed by atoms with Crippen LogP contribution in [0.5, 0.6) is 0 Å². The maximum Gasteiger partial charge on any atom is 0.0964 e. The molecule has 0 aliphatic rings. The Kier molecular flexibility index (Phi) is 14.1. The normalized spacial score (nSPS) is 9.31. The maximum absolute atomic E-state index is 4.57. The molecule has 2 aromatic heterocycles. The summed E-state index contributed by atoms with van der Waals surface area (Å²) in [6.45, 7) is 17.3. The Bertz CT molecular complexity index is 963. The quantitative estimate of drug-likeness (QED) is 0.128. The SMILES string of the molecule is C[CH+]C.Cc1c(C)c(C)c(C)c(C)c1C.[CH3-].[Cl][Ru+].c1cnc2c(c1)ccc1cccnc12. The Morgan fingerprint density at radius 2 is 0.844 bits per heavy atom. The van der Waals surface area contributed by atoms with Crippen molar-refractivity contribution < 1.29 is 17.3 Å². The van der Waals surface area contributed by atoms with Gasteiger partial charge in [-0.15, -0.1) is 0 Å². The van der Waals surface area contributed by atoms with Gasteiger partial charge in [-0.1, -0.05) is 24.3 Å². The molecule has 0 aliphatic heterocycles. The summed E-state index contributed by atoms with van der Waals surface area (Å²) in [6, 6.07) is 12.1. The van der Waals surface area contributed by atoms with Crippen LogP contribution in [0.4, 0.5) is 0 Å². The molecule has 0 atom stereocenters. The van der Waals surface area contributed by atoms with Crippen LogP contribution in [0.3, 0.4) is 0 Å². The molecule has 0 bridgehead atoms. The van der Waals surface area contributed by atoms with Crippen LogP contribution in [-0.2, 0) is 17.3 Å². The zero-order chi connectivity index (χ0) is 23.6. The molecule has 4 aromatic rings. The third-order valence-corrected chi connectivity index (χ3v) is 5.72. The van der Waals surface area contributed by atoms with E-state index in [1.807, 2.05) is 49.7 Å². The number of fused-ring (bicyclic) bond motifs is 3. The fraction of sp³-hybridized carbons (Fsp3) is 0.286. The third-order valence-electron chi connectivity index (χ3n) is 5.72. The van der Waals surface area contributed by atoms with Gasteiger partial charge >= 0.3 is 27.0 Å². The second-order valence-electron chi connectivity index (χ2n) is 7.54. The molecular formula is C28H36ClN2Ru+. The van der Waals surface area contributed by atoms with Crippen LogP contribution in [0, 0.1) is 55.4 Å². The Balaban J connectivity index is 0.000000493. The number of aromatic nitrogens is 2. The number of halogens is 1. The van der Waals surface area contributed by atoms with Gasteiger partial charge in [-0.05, 0) is 87.1 Å². The Hall–Kier alpha value is -1.96. The molecule has 4 heteroatoms. The standard InChI is InChI=1S/C12H8N2.C12H18.C3H7.CH3.ClH.Ru/c1-3-9-5-6-10-4-2-8-14-12(10)11(9)13-7-1;1-7-8(2)10(4)12(6)11(5)9(7)3;1-3-2;;;/h1-8H;1-6H3;3H,1-2H3;1H3;1H;/q;;+1;-1;;+2/p-1. The van der Waals surface area contributed by atoms with E-state index in [-0.39, 0.29) is 7.43 Å². The van der Waals surface area contributed by atoms with E-state index in [9.17, 15) is 0 Å². The monoisotopic (exact) mass is 537 g/mol. The summed E-state index contributed by atoms with van der Waals surface area (Å²) in [5.41, 5.74) is 10.7. The molecule has 0 fully saturated rings. The average molecular weight is 537 g/mol. The van der Waals surface area contributed by atoms with Crippen LogP contribution >= 0.6 is 9.69 Å². The minimum atomic E-state index is 0. The Morgan fingerprint density at radius 1 is 0.594 bits per heavy atom. The molecule has 0 saturated carbocycles. The number of nitrogens with zero attached hydrogens (tertiary/aromatic N) is 2. The van der Waals surface area contributed by atoms with Gasteiger partial charge in [0.25, 0.3) is 0 Å². The third kappa shape index (κ3) is 7.29. The molecule has 4 rings (SSSR count). The first-order valence-corrected chi connectivity index (χ1v) is 12.6. The fourth-order valence-electron chi connectivity index (χ4n) is 3.37. The fourth-order valence-corrected chi connectivity index (χ4v) is 3.37. The minimum Gasteiger partial charge on any atom is -0.254 e. The molecule has 2 heterocycles. The van der Waals surface area contributed by atoms with Crippen LogP contribution in [-0.4, -0.2) is 9.97 Å². The van der Waals surface area contributed by atoms with Crippen LogP contribution < -0.4 is 0 Å². The van der Waals surface area contributed by atoms with Crippen LogP contribution in [0.2, 0.25) is 0 Å². The molecule has 32 heavy (non-hydrogen) atoms. The van der Waals surface area contributed by atoms with Crippen molar-refractivity contribution in [1.82, 2.24) is 9.97 Å². The van der Waals surface area contributed by atoms with Gasteiger partial charge in [-0.2, -0.15) is 0 Å². The molecule has 0 N–H and O–H groups in total. The summed E-state index contributed by atoms with van der Waals surface area (Å²) in [4.78, 5) is 8.69. The zero-order valence-corrected chi connectivity index (χ0v) is 23.3. The number of hydrogen-bond acceptors (Lipinski definition) is 2. The predicted octanol–water partition coefficient (Wildman–Crippen LogP) is 8.69. The van der Waals surface area contributed by atoms with E-state index in [0.29, 0.717) is 0 Å². The van der Waals surface area contributed by atoms with Crippen molar-refractivity contribution in [2.45, 2.75) is 55.4 Å². The number of pyridine rings is 2. The first-order chi connectivity index (χ1) is 14.8. The Labute approximate surface area is 209 Å². The van der Waals surface area contributed by atoms with Crippen molar-refractivity contribution in [3.05, 3.63) is 96.0 Å². The van der Waals surface area contributed by atoms with Crippen molar-refractivity contribution in [3.63, 3.8) is 0 Å². The average Bonchev–Trinajstić information content (AvgIpc) is 2.82. The second-order valence-corrected chi connectivity index (χ2v) is 7.54. The van der Waals surface area contributed by atoms with E-state index in [1.165, 1.54) is 33.4 Å². The van der Waals surface area contributed by atoms with Gasteiger partial charge < -0.3 is 7.43 Å². The molecule has 2 nitrogen and oxygen atoms in total. The first-order valence-electron chi connectivity index (χ1n) is 10.3. The van der Waals surface area contributed by atoms with Crippen LogP contribution in [0.1, 0.15) is 47.2 Å². The van der Waals surface area contributed by atoms with E-state index in [0.717, 1.165) is 21.8 Å². The summed E-state index contributed by atoms with van der Waals surface area (Å²) < 4.78 is 0. The van der Waals surface area contributed by atoms with Crippen molar-refractivity contribution in [3.8, 4) is 0 Å². The Morgan fingerprint density at radius 3 is 1.09 bits per heavy atom. The summed E-state index contributed by atoms with van der Waals surface area (Å²) in [7, 11) is 4.57. The second kappa shape index (κ2) is 15.0. The van der Waals surface area contributed by atoms with Gasteiger partial charge in [0.15, 0.2) is 0 Å². The van der Waals surface area contributed by atoms with Gasteiger partial charge in [0, 0.05) is 23.2 Å². The smallest absolute Gasteiger partial charge is 0.0964 e. The van der Waals surface area contributed by atoms with Crippen LogP contribution in [0.15, 0.2) is 48.8 Å². The minimum absolute atomic E-state index is 0. The van der Waals surface area contributed by atoms with Crippen molar-refractivity contribution in [2.75, 3.05) is 0 Å². The van der Waals surface area contributed by atoms with Crippen molar-refractivity contribution in [1.29, 1.82) is 0 Å². The summed E-state index contributed by atoms with van der Waals surface area (Å²) in [5, 5.41) is 2.28. The largest absolute Gasteiger partial charge is 0.254 e. The molecule has 2 aromatic carbocycles. The van der Waals surface area contributed by atoms with E-state index in [1.54, 1.807) is 12.4 Å². The first kappa shape index (κ1) is 30.0. The summed E-state index contributed by atoms with van der Waals surface area (Å²) in [6.07, 6.45) is 5.60. The van der Waals surface area contributed by atoms with Gasteiger partial charge in [-0.25, -0.2) is 0 Å². The summed E-state index contributed by atoms with van der Waals surface area (Å²) >= 11 is 1.82. The molecule has 0 saturated heterocycles. The topological polar surface area (TPSA) is 25.8 Å². The van der Waals surface area contributed by atoms with E-state index < -0.39 is 0 Å². The van der Waals surface area contributed by atoms with Crippen molar-refractivity contribution >= 4 is 31.5 Å². The molecule has 172 valence electrons. The van der Waals surface area contributed by atoms with E-state index in [2.05, 4.69) is 85.5 Å². The van der Waals surface area contributed by atoms with Gasteiger partial charge in [0.05, 0.1) is 31.3 Å². The molecule has 0 radical (unpaired) electrons. The van der Waals surface area contributed by atoms with Gasteiger partial charge in [0.2, 0.25) is 0 Å². The summed E-state index contributed by atoms with van der Waals surface area (Å²) in [5.74, 6) is 0. The zero-order valence-electron chi connectivity index (χ0n) is 20.8. The van der Waals surface area contributed by atoms with Gasteiger partial charge in [0.1, 0.15) is 0 Å². The molecule has 0 aliphatic carbocycles. The van der Waals surface area contributed by atoms with Crippen LogP contribution in [0.25, 0.3) is 21.8 Å². The van der Waals surface area contributed by atoms with Gasteiger partial charge in [-0.3, -0.25) is 9.97 Å². The van der Waals surface area contributed by atoms with E-state index in [4.69, 9.17) is 0 Å². The number of rotatable bonds is 0. The van der Waals surface area contributed by atoms with E-state index >= 15 is 0 Å². The molecule has 0 amide bonds. The number of hydrogen-bond donors (Lipinski definition) is 0. The molecule has 0 spiro atoms.